The van der Waals surface area contributed by atoms with Crippen molar-refractivity contribution in [3.8, 4) is 5.69 Å². The van der Waals surface area contributed by atoms with Crippen LogP contribution in [0.1, 0.15) is 6.42 Å². The lowest BCUT2D eigenvalue weighted by Gasteiger charge is -2.11. The number of carbonyl (C=O) groups is 3. The highest BCUT2D eigenvalue weighted by atomic mass is 16.2. The molecule has 0 saturated carbocycles. The molecule has 8 nitrogen and oxygen atoms in total. The maximum absolute atomic E-state index is 12.4. The Labute approximate surface area is 148 Å². The van der Waals surface area contributed by atoms with E-state index in [4.69, 9.17) is 0 Å². The number of imide groups is 1. The van der Waals surface area contributed by atoms with Crippen LogP contribution in [0, 0.1) is 0 Å². The van der Waals surface area contributed by atoms with Crippen LogP contribution < -0.4 is 16.0 Å². The number of benzene rings is 2. The Morgan fingerprint density at radius 3 is 2.54 bits per heavy atom. The van der Waals surface area contributed by atoms with Gasteiger partial charge >= 0.3 is 6.03 Å². The third-order valence-corrected chi connectivity index (χ3v) is 4.07. The van der Waals surface area contributed by atoms with Gasteiger partial charge in [-0.2, -0.15) is 0 Å². The minimum absolute atomic E-state index is 0.171. The van der Waals surface area contributed by atoms with Crippen molar-refractivity contribution in [1.29, 1.82) is 0 Å². The van der Waals surface area contributed by atoms with Crippen molar-refractivity contribution in [3.63, 3.8) is 0 Å². The van der Waals surface area contributed by atoms with Crippen molar-refractivity contribution in [2.45, 2.75) is 12.5 Å². The van der Waals surface area contributed by atoms with E-state index >= 15 is 0 Å². The lowest BCUT2D eigenvalue weighted by atomic mass is 10.2. The zero-order valence-electron chi connectivity index (χ0n) is 13.6. The van der Waals surface area contributed by atoms with Crippen LogP contribution >= 0.6 is 0 Å². The molecule has 3 aromatic rings. The standard InChI is InChI=1S/C18H15N5O3/c24-15(10-13-16(25)22-18(26)20-13)21-17-19-12-8-4-5-9-14(12)23(17)11-6-2-1-3-7-11/h1-9,13H,10H2,(H,19,21,24)(H2,20,22,25,26)/t13-/m0/s1. The molecule has 2 heterocycles. The van der Waals surface area contributed by atoms with E-state index in [2.05, 4.69) is 20.9 Å². The fourth-order valence-corrected chi connectivity index (χ4v) is 2.91. The summed E-state index contributed by atoms with van der Waals surface area (Å²) in [5.74, 6) is -0.575. The van der Waals surface area contributed by atoms with Crippen molar-refractivity contribution < 1.29 is 14.4 Å². The molecule has 1 fully saturated rings. The van der Waals surface area contributed by atoms with Crippen LogP contribution in [-0.2, 0) is 9.59 Å². The summed E-state index contributed by atoms with van der Waals surface area (Å²) >= 11 is 0. The lowest BCUT2D eigenvalue weighted by Crippen LogP contribution is -2.33. The van der Waals surface area contributed by atoms with Gasteiger partial charge < -0.3 is 5.32 Å². The van der Waals surface area contributed by atoms with Gasteiger partial charge in [0.2, 0.25) is 11.9 Å². The summed E-state index contributed by atoms with van der Waals surface area (Å²) in [5.41, 5.74) is 2.43. The van der Waals surface area contributed by atoms with Gasteiger partial charge in [0.25, 0.3) is 5.91 Å². The van der Waals surface area contributed by atoms with Crippen LogP contribution in [0.3, 0.4) is 0 Å². The average molecular weight is 349 g/mol. The van der Waals surface area contributed by atoms with Crippen molar-refractivity contribution in [3.05, 3.63) is 54.6 Å². The normalized spacial score (nSPS) is 16.4. The number of anilines is 1. The zero-order valence-corrected chi connectivity index (χ0v) is 13.6. The third-order valence-electron chi connectivity index (χ3n) is 4.07. The maximum Gasteiger partial charge on any atom is 0.322 e. The highest BCUT2D eigenvalue weighted by Crippen LogP contribution is 2.24. The summed E-state index contributed by atoms with van der Waals surface area (Å²) in [6.45, 7) is 0. The van der Waals surface area contributed by atoms with E-state index in [-0.39, 0.29) is 6.42 Å². The van der Waals surface area contributed by atoms with Crippen LogP contribution in [0.2, 0.25) is 0 Å². The predicted molar refractivity (Wildman–Crippen MR) is 94.8 cm³/mol. The van der Waals surface area contributed by atoms with Gasteiger partial charge in [-0.05, 0) is 24.3 Å². The van der Waals surface area contributed by atoms with E-state index < -0.39 is 23.9 Å². The largest absolute Gasteiger partial charge is 0.325 e. The Bertz CT molecular complexity index is 1010. The second-order valence-corrected chi connectivity index (χ2v) is 5.86. The van der Waals surface area contributed by atoms with Crippen molar-refractivity contribution in [1.82, 2.24) is 20.2 Å². The molecule has 0 bridgehead atoms. The fraction of sp³-hybridized carbons (Fsp3) is 0.111. The SMILES string of the molecule is O=C(C[C@@H]1NC(=O)NC1=O)Nc1nc2ccccc2n1-c1ccccc1. The summed E-state index contributed by atoms with van der Waals surface area (Å²) in [6.07, 6.45) is -0.171. The molecule has 26 heavy (non-hydrogen) atoms. The van der Waals surface area contributed by atoms with Crippen LogP contribution in [0.25, 0.3) is 16.7 Å². The quantitative estimate of drug-likeness (QED) is 0.622. The molecule has 1 atom stereocenters. The molecule has 1 saturated heterocycles. The van der Waals surface area contributed by atoms with Crippen LogP contribution in [0.4, 0.5) is 10.7 Å². The van der Waals surface area contributed by atoms with E-state index in [0.29, 0.717) is 5.95 Å². The number of urea groups is 1. The van der Waals surface area contributed by atoms with Gasteiger partial charge in [0.1, 0.15) is 6.04 Å². The predicted octanol–water partition coefficient (Wildman–Crippen LogP) is 1.56. The fourth-order valence-electron chi connectivity index (χ4n) is 2.91. The highest BCUT2D eigenvalue weighted by Gasteiger charge is 2.31. The Morgan fingerprint density at radius 2 is 1.81 bits per heavy atom. The molecule has 0 aliphatic carbocycles. The summed E-state index contributed by atoms with van der Waals surface area (Å²) in [7, 11) is 0. The van der Waals surface area contributed by atoms with E-state index in [1.165, 1.54) is 0 Å². The molecule has 4 rings (SSSR count). The number of nitrogens with one attached hydrogen (secondary N) is 3. The number of nitrogens with zero attached hydrogens (tertiary/aromatic N) is 2. The Morgan fingerprint density at radius 1 is 1.08 bits per heavy atom. The first-order valence-electron chi connectivity index (χ1n) is 8.06. The number of hydrogen-bond donors (Lipinski definition) is 3. The molecule has 0 spiro atoms. The van der Waals surface area contributed by atoms with Gasteiger partial charge in [-0.3, -0.25) is 24.8 Å². The number of fused-ring (bicyclic) bond motifs is 1. The van der Waals surface area contributed by atoms with Crippen molar-refractivity contribution in [2.75, 3.05) is 5.32 Å². The summed E-state index contributed by atoms with van der Waals surface area (Å²) in [5, 5.41) is 7.25. The Hall–Kier alpha value is -3.68. The topological polar surface area (TPSA) is 105 Å². The zero-order chi connectivity index (χ0) is 18.1. The smallest absolute Gasteiger partial charge is 0.322 e. The van der Waals surface area contributed by atoms with E-state index in [0.717, 1.165) is 16.7 Å². The average Bonchev–Trinajstić information content (AvgIpc) is 3.14. The molecule has 4 amide bonds. The third kappa shape index (κ3) is 2.88. The van der Waals surface area contributed by atoms with Gasteiger partial charge in [-0.25, -0.2) is 9.78 Å². The number of imidazole rings is 1. The first-order chi connectivity index (χ1) is 12.6. The highest BCUT2D eigenvalue weighted by molar-refractivity contribution is 6.06. The van der Waals surface area contributed by atoms with Crippen molar-refractivity contribution in [2.24, 2.45) is 0 Å². The van der Waals surface area contributed by atoms with Crippen LogP contribution in [0.15, 0.2) is 54.6 Å². The molecular formula is C18H15N5O3. The molecule has 1 aliphatic heterocycles. The van der Waals surface area contributed by atoms with E-state index in [9.17, 15) is 14.4 Å². The minimum Gasteiger partial charge on any atom is -0.325 e. The molecule has 3 N–H and O–H groups in total. The first kappa shape index (κ1) is 15.8. The molecule has 130 valence electrons. The molecular weight excluding hydrogens is 334 g/mol. The Balaban J connectivity index is 1.65. The molecule has 0 unspecified atom stereocenters. The first-order valence-corrected chi connectivity index (χ1v) is 8.06. The number of para-hydroxylation sites is 3. The van der Waals surface area contributed by atoms with Gasteiger partial charge in [0.05, 0.1) is 17.5 Å². The van der Waals surface area contributed by atoms with Gasteiger partial charge in [-0.15, -0.1) is 0 Å². The van der Waals surface area contributed by atoms with E-state index in [1.54, 1.807) is 0 Å². The second kappa shape index (κ2) is 6.32. The van der Waals surface area contributed by atoms with E-state index in [1.807, 2.05) is 59.2 Å². The number of aromatic nitrogens is 2. The molecule has 1 aromatic heterocycles. The number of amides is 4. The number of rotatable bonds is 4. The van der Waals surface area contributed by atoms with Gasteiger partial charge in [-0.1, -0.05) is 30.3 Å². The van der Waals surface area contributed by atoms with Crippen molar-refractivity contribution >= 4 is 34.8 Å². The lowest BCUT2D eigenvalue weighted by molar-refractivity contribution is -0.124. The Kier molecular flexibility index (Phi) is 3.85. The van der Waals surface area contributed by atoms with Gasteiger partial charge in [0.15, 0.2) is 0 Å². The molecule has 0 radical (unpaired) electrons. The molecule has 2 aromatic carbocycles. The van der Waals surface area contributed by atoms with Crippen LogP contribution in [0.5, 0.6) is 0 Å². The molecule has 1 aliphatic rings. The summed E-state index contributed by atoms with van der Waals surface area (Å²) < 4.78 is 1.83. The number of hydrogen-bond acceptors (Lipinski definition) is 4. The summed E-state index contributed by atoms with van der Waals surface area (Å²) in [6, 6.07) is 15.6. The number of carbonyl (C=O) groups excluding carboxylic acids is 3. The molecule has 8 heteroatoms. The monoisotopic (exact) mass is 349 g/mol. The van der Waals surface area contributed by atoms with Crippen LogP contribution in [-0.4, -0.2) is 33.4 Å². The maximum atomic E-state index is 12.4. The summed E-state index contributed by atoms with van der Waals surface area (Å²) in [4.78, 5) is 39.6. The van der Waals surface area contributed by atoms with Gasteiger partial charge in [0, 0.05) is 5.69 Å². The minimum atomic E-state index is -0.878. The second-order valence-electron chi connectivity index (χ2n) is 5.86.